The number of hydrogen-bond acceptors (Lipinski definition) is 2. The van der Waals surface area contributed by atoms with E-state index < -0.39 is 5.97 Å². The topological polar surface area (TPSA) is 60.9 Å². The zero-order chi connectivity index (χ0) is 14.8. The van der Waals surface area contributed by atoms with Crippen molar-refractivity contribution >= 4 is 12.0 Å². The SMILES string of the molecule is O=C(O)CCN(C(=O)N1CCc2ccccc2C1)C1CC1. The molecule has 1 saturated carbocycles. The predicted molar refractivity (Wildman–Crippen MR) is 77.9 cm³/mol. The van der Waals surface area contributed by atoms with E-state index >= 15 is 0 Å². The zero-order valence-electron chi connectivity index (χ0n) is 12.0. The second-order valence-corrected chi connectivity index (χ2v) is 5.79. The lowest BCUT2D eigenvalue weighted by atomic mass is 10.0. The van der Waals surface area contributed by atoms with Gasteiger partial charge >= 0.3 is 12.0 Å². The van der Waals surface area contributed by atoms with E-state index in [2.05, 4.69) is 12.1 Å². The summed E-state index contributed by atoms with van der Waals surface area (Å²) >= 11 is 0. The first-order chi connectivity index (χ1) is 10.1. The van der Waals surface area contributed by atoms with E-state index in [4.69, 9.17) is 5.11 Å². The van der Waals surface area contributed by atoms with E-state index in [9.17, 15) is 9.59 Å². The van der Waals surface area contributed by atoms with Gasteiger partial charge in [-0.15, -0.1) is 0 Å². The van der Waals surface area contributed by atoms with Crippen LogP contribution < -0.4 is 0 Å². The van der Waals surface area contributed by atoms with Gasteiger partial charge in [0.2, 0.25) is 0 Å². The molecule has 1 N–H and O–H groups in total. The molecule has 0 bridgehead atoms. The molecule has 1 aliphatic carbocycles. The molecular formula is C16H20N2O3. The zero-order valence-corrected chi connectivity index (χ0v) is 12.0. The fourth-order valence-corrected chi connectivity index (χ4v) is 2.88. The highest BCUT2D eigenvalue weighted by molar-refractivity contribution is 5.76. The van der Waals surface area contributed by atoms with Gasteiger partial charge in [0, 0.05) is 25.7 Å². The minimum absolute atomic E-state index is 0.00625. The molecule has 0 aromatic heterocycles. The monoisotopic (exact) mass is 288 g/mol. The first-order valence-electron chi connectivity index (χ1n) is 7.49. The van der Waals surface area contributed by atoms with E-state index in [0.29, 0.717) is 19.6 Å². The average Bonchev–Trinajstić information content (AvgIpc) is 3.31. The Morgan fingerprint density at radius 2 is 1.95 bits per heavy atom. The molecule has 5 heteroatoms. The van der Waals surface area contributed by atoms with Crippen molar-refractivity contribution in [3.8, 4) is 0 Å². The Kier molecular flexibility index (Phi) is 3.82. The summed E-state index contributed by atoms with van der Waals surface area (Å²) in [5.74, 6) is -0.850. The van der Waals surface area contributed by atoms with Crippen molar-refractivity contribution in [1.29, 1.82) is 0 Å². The third-order valence-electron chi connectivity index (χ3n) is 4.20. The normalized spacial score (nSPS) is 17.2. The molecule has 2 aliphatic rings. The number of fused-ring (bicyclic) bond motifs is 1. The van der Waals surface area contributed by atoms with Gasteiger partial charge in [-0.1, -0.05) is 24.3 Å². The predicted octanol–water partition coefficient (Wildman–Crippen LogP) is 2.10. The number of carbonyl (C=O) groups excluding carboxylic acids is 1. The van der Waals surface area contributed by atoms with Crippen molar-refractivity contribution in [3.05, 3.63) is 35.4 Å². The molecule has 0 atom stereocenters. The first kappa shape index (κ1) is 13.9. The van der Waals surface area contributed by atoms with Crippen LogP contribution in [0, 0.1) is 0 Å². The third-order valence-corrected chi connectivity index (χ3v) is 4.20. The summed E-state index contributed by atoms with van der Waals surface area (Å²) in [7, 11) is 0. The Morgan fingerprint density at radius 1 is 1.24 bits per heavy atom. The Balaban J connectivity index is 1.68. The van der Waals surface area contributed by atoms with Crippen molar-refractivity contribution in [2.24, 2.45) is 0 Å². The summed E-state index contributed by atoms with van der Waals surface area (Å²) in [6.45, 7) is 1.66. The number of nitrogens with zero attached hydrogens (tertiary/aromatic N) is 2. The maximum absolute atomic E-state index is 12.7. The van der Waals surface area contributed by atoms with Crippen molar-refractivity contribution in [2.45, 2.75) is 38.3 Å². The van der Waals surface area contributed by atoms with Crippen molar-refractivity contribution in [2.75, 3.05) is 13.1 Å². The van der Waals surface area contributed by atoms with Crippen LogP contribution in [0.25, 0.3) is 0 Å². The Hall–Kier alpha value is -2.04. The summed E-state index contributed by atoms with van der Waals surface area (Å²) in [5, 5.41) is 8.84. The molecule has 1 aromatic rings. The Bertz CT molecular complexity index is 554. The van der Waals surface area contributed by atoms with Crippen molar-refractivity contribution < 1.29 is 14.7 Å². The lowest BCUT2D eigenvalue weighted by Crippen LogP contribution is -2.47. The third kappa shape index (κ3) is 3.17. The van der Waals surface area contributed by atoms with E-state index in [1.807, 2.05) is 17.0 Å². The van der Waals surface area contributed by atoms with Crippen LogP contribution in [0.3, 0.4) is 0 Å². The molecule has 0 saturated heterocycles. The molecule has 3 rings (SSSR count). The second kappa shape index (κ2) is 5.76. The highest BCUT2D eigenvalue weighted by Crippen LogP contribution is 2.29. The van der Waals surface area contributed by atoms with Gasteiger partial charge in [0.25, 0.3) is 0 Å². The molecule has 1 fully saturated rings. The molecule has 1 heterocycles. The van der Waals surface area contributed by atoms with Gasteiger partial charge in [-0.25, -0.2) is 4.79 Å². The van der Waals surface area contributed by atoms with Crippen LogP contribution in [0.2, 0.25) is 0 Å². The minimum atomic E-state index is -0.850. The second-order valence-electron chi connectivity index (χ2n) is 5.79. The molecule has 2 amide bonds. The number of rotatable bonds is 4. The Morgan fingerprint density at radius 3 is 2.62 bits per heavy atom. The fraction of sp³-hybridized carbons (Fsp3) is 0.500. The quantitative estimate of drug-likeness (QED) is 0.923. The first-order valence-corrected chi connectivity index (χ1v) is 7.49. The summed E-state index contributed by atoms with van der Waals surface area (Å²) in [6.07, 6.45) is 2.89. The van der Waals surface area contributed by atoms with Gasteiger partial charge in [0.05, 0.1) is 6.42 Å². The van der Waals surface area contributed by atoms with E-state index in [1.165, 1.54) is 11.1 Å². The highest BCUT2D eigenvalue weighted by atomic mass is 16.4. The number of hydrogen-bond donors (Lipinski definition) is 1. The van der Waals surface area contributed by atoms with Crippen LogP contribution in [-0.4, -0.2) is 46.0 Å². The van der Waals surface area contributed by atoms with Crippen LogP contribution in [0.5, 0.6) is 0 Å². The van der Waals surface area contributed by atoms with Gasteiger partial charge in [-0.3, -0.25) is 4.79 Å². The molecule has 21 heavy (non-hydrogen) atoms. The molecule has 0 spiro atoms. The van der Waals surface area contributed by atoms with Crippen LogP contribution >= 0.6 is 0 Å². The van der Waals surface area contributed by atoms with E-state index in [-0.39, 0.29) is 18.5 Å². The van der Waals surface area contributed by atoms with Gasteiger partial charge in [-0.05, 0) is 30.4 Å². The minimum Gasteiger partial charge on any atom is -0.481 e. The number of urea groups is 1. The van der Waals surface area contributed by atoms with Crippen LogP contribution in [-0.2, 0) is 17.8 Å². The lowest BCUT2D eigenvalue weighted by molar-refractivity contribution is -0.137. The molecular weight excluding hydrogens is 268 g/mol. The molecule has 0 unspecified atom stereocenters. The fourth-order valence-electron chi connectivity index (χ4n) is 2.88. The van der Waals surface area contributed by atoms with Gasteiger partial charge in [0.1, 0.15) is 0 Å². The number of aliphatic carboxylic acids is 1. The van der Waals surface area contributed by atoms with E-state index in [1.54, 1.807) is 4.90 Å². The molecule has 1 aromatic carbocycles. The number of amides is 2. The Labute approximate surface area is 124 Å². The molecule has 112 valence electrons. The van der Waals surface area contributed by atoms with Gasteiger partial charge in [-0.2, -0.15) is 0 Å². The van der Waals surface area contributed by atoms with Crippen LogP contribution in [0.4, 0.5) is 4.79 Å². The summed E-state index contributed by atoms with van der Waals surface area (Å²) in [4.78, 5) is 27.0. The smallest absolute Gasteiger partial charge is 0.320 e. The van der Waals surface area contributed by atoms with Crippen LogP contribution in [0.15, 0.2) is 24.3 Å². The van der Waals surface area contributed by atoms with Crippen LogP contribution in [0.1, 0.15) is 30.4 Å². The lowest BCUT2D eigenvalue weighted by Gasteiger charge is -2.34. The summed E-state index contributed by atoms with van der Waals surface area (Å²) in [5.41, 5.74) is 2.51. The number of carbonyl (C=O) groups is 2. The largest absolute Gasteiger partial charge is 0.481 e. The average molecular weight is 288 g/mol. The van der Waals surface area contributed by atoms with Gasteiger partial charge < -0.3 is 14.9 Å². The highest BCUT2D eigenvalue weighted by Gasteiger charge is 2.35. The van der Waals surface area contributed by atoms with E-state index in [0.717, 1.165) is 19.3 Å². The summed E-state index contributed by atoms with van der Waals surface area (Å²) < 4.78 is 0. The molecule has 1 aliphatic heterocycles. The van der Waals surface area contributed by atoms with Crippen molar-refractivity contribution in [3.63, 3.8) is 0 Å². The van der Waals surface area contributed by atoms with Crippen molar-refractivity contribution in [1.82, 2.24) is 9.80 Å². The summed E-state index contributed by atoms with van der Waals surface area (Å²) in [6, 6.07) is 8.44. The maximum Gasteiger partial charge on any atom is 0.320 e. The molecule has 0 radical (unpaired) electrons. The van der Waals surface area contributed by atoms with Gasteiger partial charge in [0.15, 0.2) is 0 Å². The number of benzene rings is 1. The number of carboxylic acids is 1. The maximum atomic E-state index is 12.7. The standard InChI is InChI=1S/C16H20N2O3/c19-15(20)8-10-18(14-5-6-14)16(21)17-9-7-12-3-1-2-4-13(12)11-17/h1-4,14H,5-11H2,(H,19,20). The number of carboxylic acid groups (broad SMARTS) is 1. The molecule has 5 nitrogen and oxygen atoms in total.